The minimum Gasteiger partial charge on any atom is -0.436 e. The second-order valence-corrected chi connectivity index (χ2v) is 10.6. The summed E-state index contributed by atoms with van der Waals surface area (Å²) in [5, 5.41) is 7.69. The molecule has 0 bridgehead atoms. The monoisotopic (exact) mass is 497 g/mol. The molecule has 10 nitrogen and oxygen atoms in total. The Hall–Kier alpha value is -4.21. The minimum absolute atomic E-state index is 0.00867. The van der Waals surface area contributed by atoms with Crippen molar-refractivity contribution in [3.8, 4) is 11.5 Å². The molecule has 5 heterocycles. The number of likely N-dealkylation sites (tertiary alicyclic amines) is 1. The van der Waals surface area contributed by atoms with E-state index in [1.54, 1.807) is 19.3 Å². The molecule has 2 N–H and O–H groups in total. The summed E-state index contributed by atoms with van der Waals surface area (Å²) in [5.41, 5.74) is 3.53. The van der Waals surface area contributed by atoms with E-state index in [9.17, 15) is 9.59 Å². The number of rotatable bonds is 5. The van der Waals surface area contributed by atoms with Gasteiger partial charge in [0, 0.05) is 80.3 Å². The van der Waals surface area contributed by atoms with Crippen LogP contribution in [0.5, 0.6) is 0 Å². The van der Waals surface area contributed by atoms with Crippen molar-refractivity contribution in [1.82, 2.24) is 19.9 Å². The predicted octanol–water partition coefficient (Wildman–Crippen LogP) is 3.50. The van der Waals surface area contributed by atoms with E-state index >= 15 is 0 Å². The lowest BCUT2D eigenvalue weighted by molar-refractivity contribution is -0.142. The number of fused-ring (bicyclic) bond motifs is 2. The van der Waals surface area contributed by atoms with Gasteiger partial charge >= 0.3 is 0 Å². The highest BCUT2D eigenvalue weighted by molar-refractivity contribution is 6.03. The number of pyridine rings is 2. The summed E-state index contributed by atoms with van der Waals surface area (Å²) in [6.07, 6.45) is 5.31. The zero-order valence-corrected chi connectivity index (χ0v) is 20.7. The van der Waals surface area contributed by atoms with E-state index < -0.39 is 0 Å². The average molecular weight is 498 g/mol. The van der Waals surface area contributed by atoms with E-state index in [1.807, 2.05) is 24.1 Å². The summed E-state index contributed by atoms with van der Waals surface area (Å²) in [7, 11) is 1.81. The van der Waals surface area contributed by atoms with E-state index in [0.29, 0.717) is 23.1 Å². The number of carbonyl (C=O) groups is 2. The molecule has 1 saturated carbocycles. The third kappa shape index (κ3) is 3.66. The fraction of sp³-hybridized carbons (Fsp3) is 0.370. The zero-order valence-electron chi connectivity index (χ0n) is 20.7. The number of benzene rings is 1. The fourth-order valence-electron chi connectivity index (χ4n) is 5.51. The molecule has 3 aliphatic rings. The van der Waals surface area contributed by atoms with Crippen molar-refractivity contribution in [2.45, 2.75) is 19.8 Å². The first-order chi connectivity index (χ1) is 17.9. The molecule has 188 valence electrons. The lowest BCUT2D eigenvalue weighted by Crippen LogP contribution is -2.72. The summed E-state index contributed by atoms with van der Waals surface area (Å²) >= 11 is 0. The topological polar surface area (TPSA) is 116 Å². The largest absolute Gasteiger partial charge is 0.436 e. The maximum absolute atomic E-state index is 12.3. The zero-order chi connectivity index (χ0) is 25.3. The molecule has 7 rings (SSSR count). The van der Waals surface area contributed by atoms with E-state index in [0.717, 1.165) is 66.6 Å². The Balaban J connectivity index is 1.19. The molecule has 2 aliphatic heterocycles. The van der Waals surface area contributed by atoms with Gasteiger partial charge < -0.3 is 24.9 Å². The number of amides is 2. The molecule has 3 aromatic heterocycles. The Labute approximate surface area is 213 Å². The van der Waals surface area contributed by atoms with Crippen LogP contribution in [-0.4, -0.2) is 64.9 Å². The summed E-state index contributed by atoms with van der Waals surface area (Å²) in [5.74, 6) is 1.91. The van der Waals surface area contributed by atoms with Gasteiger partial charge in [-0.05, 0) is 37.1 Å². The van der Waals surface area contributed by atoms with Gasteiger partial charge in [0.05, 0.1) is 5.56 Å². The van der Waals surface area contributed by atoms with Gasteiger partial charge in [0.25, 0.3) is 0 Å². The number of aromatic nitrogens is 3. The van der Waals surface area contributed by atoms with Gasteiger partial charge in [-0.1, -0.05) is 0 Å². The molecule has 3 fully saturated rings. The van der Waals surface area contributed by atoms with Crippen LogP contribution in [0, 0.1) is 11.3 Å². The number of anilines is 3. The highest BCUT2D eigenvalue weighted by atomic mass is 16.3. The standard InChI is InChI=1S/C27H27N7O3/c1-15(35)33-11-27(12-33)13-34(14-27)17-5-6-22-21(7-17)31-26(37-22)20-10-30-24(28-2)19-9-29-23(8-18(19)20)32-25(36)16-3-4-16/h5-10,16H,3-4,11-14H2,1-2H3,(H,28,30)(H,29,32,36). The number of nitrogens with one attached hydrogen (secondary N) is 2. The second kappa shape index (κ2) is 7.89. The lowest BCUT2D eigenvalue weighted by atomic mass is 9.72. The smallest absolute Gasteiger partial charge is 0.229 e. The maximum atomic E-state index is 12.3. The van der Waals surface area contributed by atoms with Crippen LogP contribution in [0.3, 0.4) is 0 Å². The minimum atomic E-state index is 0.00867. The Morgan fingerprint density at radius 1 is 1.05 bits per heavy atom. The first-order valence-electron chi connectivity index (χ1n) is 12.6. The maximum Gasteiger partial charge on any atom is 0.229 e. The van der Waals surface area contributed by atoms with Gasteiger partial charge in [-0.15, -0.1) is 0 Å². The first kappa shape index (κ1) is 22.0. The molecule has 4 aromatic rings. The van der Waals surface area contributed by atoms with Crippen LogP contribution < -0.4 is 15.5 Å². The Morgan fingerprint density at radius 2 is 1.86 bits per heavy atom. The van der Waals surface area contributed by atoms with Crippen molar-refractivity contribution in [3.63, 3.8) is 0 Å². The molecular formula is C27H27N7O3. The van der Waals surface area contributed by atoms with Crippen molar-refractivity contribution in [2.75, 3.05) is 48.8 Å². The summed E-state index contributed by atoms with van der Waals surface area (Å²) < 4.78 is 6.16. The number of oxazole rings is 1. The quantitative estimate of drug-likeness (QED) is 0.430. The Bertz CT molecular complexity index is 1580. The van der Waals surface area contributed by atoms with E-state index in [-0.39, 0.29) is 23.1 Å². The van der Waals surface area contributed by atoms with Crippen LogP contribution in [0.2, 0.25) is 0 Å². The van der Waals surface area contributed by atoms with Crippen molar-refractivity contribution >= 4 is 51.0 Å². The highest BCUT2D eigenvalue weighted by Crippen LogP contribution is 2.43. The van der Waals surface area contributed by atoms with Gasteiger partial charge in [0.1, 0.15) is 17.2 Å². The molecule has 2 amide bonds. The van der Waals surface area contributed by atoms with Crippen LogP contribution >= 0.6 is 0 Å². The molecule has 0 atom stereocenters. The summed E-state index contributed by atoms with van der Waals surface area (Å²) in [6.45, 7) is 5.20. The molecule has 10 heteroatoms. The van der Waals surface area contributed by atoms with Crippen LogP contribution in [0.4, 0.5) is 17.3 Å². The molecular weight excluding hydrogens is 470 g/mol. The van der Waals surface area contributed by atoms with Gasteiger partial charge in [-0.3, -0.25) is 9.59 Å². The van der Waals surface area contributed by atoms with Crippen LogP contribution in [-0.2, 0) is 9.59 Å². The number of nitrogens with zero attached hydrogens (tertiary/aromatic N) is 5. The van der Waals surface area contributed by atoms with Gasteiger partial charge in [0.15, 0.2) is 5.58 Å². The van der Waals surface area contributed by atoms with E-state index in [4.69, 9.17) is 9.40 Å². The molecule has 0 unspecified atom stereocenters. The van der Waals surface area contributed by atoms with E-state index in [1.165, 1.54) is 0 Å². The van der Waals surface area contributed by atoms with Crippen molar-refractivity contribution < 1.29 is 14.0 Å². The van der Waals surface area contributed by atoms with Crippen molar-refractivity contribution in [3.05, 3.63) is 36.7 Å². The van der Waals surface area contributed by atoms with Crippen LogP contribution in [0.1, 0.15) is 19.8 Å². The number of carbonyl (C=O) groups excluding carboxylic acids is 2. The summed E-state index contributed by atoms with van der Waals surface area (Å²) in [4.78, 5) is 41.9. The Morgan fingerprint density at radius 3 is 2.59 bits per heavy atom. The fourth-order valence-corrected chi connectivity index (χ4v) is 5.51. The first-order valence-corrected chi connectivity index (χ1v) is 12.6. The SMILES string of the molecule is CNc1ncc(-c2nc3cc(N4CC5(CN(C(C)=O)C5)C4)ccc3o2)c2cc(NC(=O)C3CC3)ncc12. The second-order valence-electron chi connectivity index (χ2n) is 10.6. The van der Waals surface area contributed by atoms with Gasteiger partial charge in [-0.25, -0.2) is 15.0 Å². The molecule has 37 heavy (non-hydrogen) atoms. The lowest BCUT2D eigenvalue weighted by Gasteiger charge is -2.60. The van der Waals surface area contributed by atoms with Gasteiger partial charge in [-0.2, -0.15) is 0 Å². The van der Waals surface area contributed by atoms with Crippen molar-refractivity contribution in [1.29, 1.82) is 0 Å². The van der Waals surface area contributed by atoms with Crippen LogP contribution in [0.25, 0.3) is 33.3 Å². The van der Waals surface area contributed by atoms with E-state index in [2.05, 4.69) is 37.6 Å². The van der Waals surface area contributed by atoms with Gasteiger partial charge in [0.2, 0.25) is 17.7 Å². The normalized spacial score (nSPS) is 18.1. The third-order valence-corrected chi connectivity index (χ3v) is 7.73. The Kier molecular flexibility index (Phi) is 4.70. The van der Waals surface area contributed by atoms with Crippen molar-refractivity contribution in [2.24, 2.45) is 11.3 Å². The molecule has 2 saturated heterocycles. The molecule has 1 aliphatic carbocycles. The van der Waals surface area contributed by atoms with Crippen LogP contribution in [0.15, 0.2) is 41.1 Å². The molecule has 1 spiro atoms. The predicted molar refractivity (Wildman–Crippen MR) is 140 cm³/mol. The molecule has 1 aromatic carbocycles. The third-order valence-electron chi connectivity index (χ3n) is 7.73. The highest BCUT2D eigenvalue weighted by Gasteiger charge is 2.52. The average Bonchev–Trinajstić information content (AvgIpc) is 3.60. The number of hydrogen-bond acceptors (Lipinski definition) is 8. The number of hydrogen-bond donors (Lipinski definition) is 2. The summed E-state index contributed by atoms with van der Waals surface area (Å²) in [6, 6.07) is 7.92. The molecule has 0 radical (unpaired) electrons.